The van der Waals surface area contributed by atoms with Gasteiger partial charge in [0.25, 0.3) is 11.8 Å². The van der Waals surface area contributed by atoms with E-state index in [0.29, 0.717) is 9.90 Å². The topological polar surface area (TPSA) is 58.2 Å². The summed E-state index contributed by atoms with van der Waals surface area (Å²) < 4.78 is 27.9. The van der Waals surface area contributed by atoms with E-state index in [4.69, 9.17) is 11.6 Å². The van der Waals surface area contributed by atoms with Gasteiger partial charge in [-0.05, 0) is 18.2 Å². The molecule has 0 saturated carbocycles. The molecule has 0 radical (unpaired) electrons. The lowest BCUT2D eigenvalue weighted by Gasteiger charge is -2.08. The quantitative estimate of drug-likeness (QED) is 0.643. The SMILES string of the molecule is O=C(NCCNC(=O)c1c(F)cccc1F)c1sc2ccccc2c1Cl. The van der Waals surface area contributed by atoms with Crippen LogP contribution in [0.25, 0.3) is 10.1 Å². The van der Waals surface area contributed by atoms with Crippen LogP contribution < -0.4 is 10.6 Å². The molecule has 0 aliphatic carbocycles. The Balaban J connectivity index is 1.57. The maximum absolute atomic E-state index is 13.5. The number of benzene rings is 2. The number of rotatable bonds is 5. The third kappa shape index (κ3) is 3.68. The maximum atomic E-state index is 13.5. The molecular formula is C18H13ClF2N2O2S. The minimum Gasteiger partial charge on any atom is -0.350 e. The van der Waals surface area contributed by atoms with Crippen LogP contribution in [0.4, 0.5) is 8.78 Å². The van der Waals surface area contributed by atoms with E-state index in [1.807, 2.05) is 24.3 Å². The van der Waals surface area contributed by atoms with E-state index in [1.54, 1.807) is 0 Å². The summed E-state index contributed by atoms with van der Waals surface area (Å²) in [5.74, 6) is -3.13. The molecule has 2 N–H and O–H groups in total. The van der Waals surface area contributed by atoms with Gasteiger partial charge >= 0.3 is 0 Å². The average molecular weight is 395 g/mol. The van der Waals surface area contributed by atoms with Crippen LogP contribution in [0, 0.1) is 11.6 Å². The molecule has 4 nitrogen and oxygen atoms in total. The highest BCUT2D eigenvalue weighted by Crippen LogP contribution is 2.34. The molecule has 0 saturated heterocycles. The molecule has 3 aromatic rings. The molecule has 2 amide bonds. The number of carbonyl (C=O) groups is 2. The highest BCUT2D eigenvalue weighted by atomic mass is 35.5. The first kappa shape index (κ1) is 18.3. The lowest BCUT2D eigenvalue weighted by atomic mass is 10.2. The Bertz CT molecular complexity index is 970. The fourth-order valence-corrected chi connectivity index (χ4v) is 3.83. The minimum atomic E-state index is -0.941. The minimum absolute atomic E-state index is 0.0147. The van der Waals surface area contributed by atoms with E-state index < -0.39 is 23.1 Å². The van der Waals surface area contributed by atoms with Crippen molar-refractivity contribution in [2.45, 2.75) is 0 Å². The largest absolute Gasteiger partial charge is 0.350 e. The number of halogens is 3. The molecule has 8 heteroatoms. The number of fused-ring (bicyclic) bond motifs is 1. The monoisotopic (exact) mass is 394 g/mol. The summed E-state index contributed by atoms with van der Waals surface area (Å²) in [7, 11) is 0. The summed E-state index contributed by atoms with van der Waals surface area (Å²) in [6.07, 6.45) is 0. The lowest BCUT2D eigenvalue weighted by Crippen LogP contribution is -2.35. The molecule has 134 valence electrons. The van der Waals surface area contributed by atoms with Gasteiger partial charge in [0.2, 0.25) is 0 Å². The highest BCUT2D eigenvalue weighted by Gasteiger charge is 2.18. The highest BCUT2D eigenvalue weighted by molar-refractivity contribution is 7.21. The Labute approximate surface area is 156 Å². The second-order valence-corrected chi connectivity index (χ2v) is 6.78. The fraction of sp³-hybridized carbons (Fsp3) is 0.111. The Morgan fingerprint density at radius 1 is 0.923 bits per heavy atom. The van der Waals surface area contributed by atoms with Gasteiger partial charge in [-0.3, -0.25) is 9.59 Å². The van der Waals surface area contributed by atoms with E-state index in [0.717, 1.165) is 22.2 Å². The summed E-state index contributed by atoms with van der Waals surface area (Å²) >= 11 is 7.49. The van der Waals surface area contributed by atoms with E-state index >= 15 is 0 Å². The van der Waals surface area contributed by atoms with Crippen molar-refractivity contribution in [3.05, 3.63) is 69.6 Å². The molecule has 1 heterocycles. The van der Waals surface area contributed by atoms with Crippen molar-refractivity contribution in [1.82, 2.24) is 10.6 Å². The van der Waals surface area contributed by atoms with Crippen molar-refractivity contribution in [1.29, 1.82) is 0 Å². The Hall–Kier alpha value is -2.51. The van der Waals surface area contributed by atoms with E-state index in [2.05, 4.69) is 10.6 Å². The van der Waals surface area contributed by atoms with E-state index in [1.165, 1.54) is 17.4 Å². The summed E-state index contributed by atoms with van der Waals surface area (Å²) in [6, 6.07) is 10.6. The summed E-state index contributed by atoms with van der Waals surface area (Å²) in [5, 5.41) is 6.16. The van der Waals surface area contributed by atoms with Crippen molar-refractivity contribution in [3.8, 4) is 0 Å². The predicted molar refractivity (Wildman–Crippen MR) is 97.9 cm³/mol. The van der Waals surface area contributed by atoms with Gasteiger partial charge in [0.05, 0.1) is 5.02 Å². The number of hydrogen-bond acceptors (Lipinski definition) is 3. The van der Waals surface area contributed by atoms with Gasteiger partial charge in [-0.25, -0.2) is 8.78 Å². The van der Waals surface area contributed by atoms with Crippen LogP contribution in [0.3, 0.4) is 0 Å². The molecule has 2 aromatic carbocycles. The van der Waals surface area contributed by atoms with Crippen molar-refractivity contribution in [3.63, 3.8) is 0 Å². The summed E-state index contributed by atoms with van der Waals surface area (Å²) in [6.45, 7) is 0.103. The summed E-state index contributed by atoms with van der Waals surface area (Å²) in [5.41, 5.74) is -0.647. The molecule has 3 rings (SSSR count). The van der Waals surface area contributed by atoms with Crippen molar-refractivity contribution < 1.29 is 18.4 Å². The van der Waals surface area contributed by atoms with Gasteiger partial charge < -0.3 is 10.6 Å². The zero-order valence-electron chi connectivity index (χ0n) is 13.3. The van der Waals surface area contributed by atoms with Crippen molar-refractivity contribution >= 4 is 44.8 Å². The molecule has 0 spiro atoms. The van der Waals surface area contributed by atoms with E-state index in [9.17, 15) is 18.4 Å². The van der Waals surface area contributed by atoms with Crippen LogP contribution in [-0.2, 0) is 0 Å². The smallest absolute Gasteiger partial charge is 0.262 e. The fourth-order valence-electron chi connectivity index (χ4n) is 2.40. The first-order valence-electron chi connectivity index (χ1n) is 7.66. The molecule has 0 unspecified atom stereocenters. The van der Waals surface area contributed by atoms with Gasteiger partial charge in [-0.1, -0.05) is 35.9 Å². The third-order valence-corrected chi connectivity index (χ3v) is 5.30. The normalized spacial score (nSPS) is 10.7. The number of hydrogen-bond donors (Lipinski definition) is 2. The van der Waals surface area contributed by atoms with E-state index in [-0.39, 0.29) is 19.0 Å². The predicted octanol–water partition coefficient (Wildman–Crippen LogP) is 3.99. The number of thiophene rings is 1. The second-order valence-electron chi connectivity index (χ2n) is 5.35. The molecule has 0 aliphatic rings. The summed E-state index contributed by atoms with van der Waals surface area (Å²) in [4.78, 5) is 24.5. The van der Waals surface area contributed by atoms with Crippen LogP contribution in [0.15, 0.2) is 42.5 Å². The zero-order chi connectivity index (χ0) is 18.7. The molecular weight excluding hydrogens is 382 g/mol. The second kappa shape index (κ2) is 7.80. The van der Waals surface area contributed by atoms with Gasteiger partial charge in [0.15, 0.2) is 0 Å². The Kier molecular flexibility index (Phi) is 5.49. The van der Waals surface area contributed by atoms with Crippen molar-refractivity contribution in [2.75, 3.05) is 13.1 Å². The molecule has 1 aromatic heterocycles. The first-order chi connectivity index (χ1) is 12.5. The molecule has 0 fully saturated rings. The van der Waals surface area contributed by atoms with Crippen molar-refractivity contribution in [2.24, 2.45) is 0 Å². The van der Waals surface area contributed by atoms with Gasteiger partial charge in [0, 0.05) is 23.2 Å². The zero-order valence-corrected chi connectivity index (χ0v) is 14.9. The van der Waals surface area contributed by atoms with Crippen LogP contribution in [0.1, 0.15) is 20.0 Å². The Morgan fingerprint density at radius 3 is 2.19 bits per heavy atom. The molecule has 0 aliphatic heterocycles. The molecule has 0 bridgehead atoms. The van der Waals surface area contributed by atoms with Gasteiger partial charge in [-0.2, -0.15) is 0 Å². The number of amides is 2. The number of carbonyl (C=O) groups excluding carboxylic acids is 2. The standard InChI is InChI=1S/C18H13ClF2N2O2S/c19-15-10-4-1-2-7-13(10)26-16(15)18(25)23-9-8-22-17(24)14-11(20)5-3-6-12(14)21/h1-7H,8-9H2,(H,22,24)(H,23,25). The lowest BCUT2D eigenvalue weighted by molar-refractivity contribution is 0.0924. The maximum Gasteiger partial charge on any atom is 0.262 e. The number of nitrogens with one attached hydrogen (secondary N) is 2. The average Bonchev–Trinajstić information content (AvgIpc) is 2.96. The van der Waals surface area contributed by atoms with Crippen LogP contribution >= 0.6 is 22.9 Å². The molecule has 26 heavy (non-hydrogen) atoms. The van der Waals surface area contributed by atoms with Gasteiger partial charge in [0.1, 0.15) is 22.1 Å². The van der Waals surface area contributed by atoms with Gasteiger partial charge in [-0.15, -0.1) is 11.3 Å². The molecule has 0 atom stereocenters. The van der Waals surface area contributed by atoms with Crippen LogP contribution in [0.5, 0.6) is 0 Å². The third-order valence-electron chi connectivity index (χ3n) is 3.63. The Morgan fingerprint density at radius 2 is 1.54 bits per heavy atom. The van der Waals surface area contributed by atoms with Crippen LogP contribution in [-0.4, -0.2) is 24.9 Å². The first-order valence-corrected chi connectivity index (χ1v) is 8.86. The van der Waals surface area contributed by atoms with Crippen LogP contribution in [0.2, 0.25) is 5.02 Å².